The topological polar surface area (TPSA) is 47.1 Å². The zero-order chi connectivity index (χ0) is 17.9. The van der Waals surface area contributed by atoms with Gasteiger partial charge in [0.25, 0.3) is 0 Å². The first-order valence-electron chi connectivity index (χ1n) is 9.30. The average molecular weight is 383 g/mol. The van der Waals surface area contributed by atoms with Crippen molar-refractivity contribution in [2.24, 2.45) is 18.7 Å². The highest BCUT2D eigenvalue weighted by Gasteiger charge is 2.33. The van der Waals surface area contributed by atoms with Gasteiger partial charge in [-0.05, 0) is 18.0 Å². The molecule has 142 valence electrons. The molecule has 0 bridgehead atoms. The Kier molecular flexibility index (Phi) is 6.32. The SMILES string of the molecule is Cl.Cn1cc(CN2C[C@@H](CN)[C@H](c3ccccc3)C2)c(-c2ccccc2)n1. The maximum atomic E-state index is 6.10. The number of aryl methyl sites for hydroxylation is 1. The van der Waals surface area contributed by atoms with E-state index in [4.69, 9.17) is 10.8 Å². The normalized spacial score (nSPS) is 19.8. The van der Waals surface area contributed by atoms with Crippen molar-refractivity contribution in [2.75, 3.05) is 19.6 Å². The van der Waals surface area contributed by atoms with Crippen molar-refractivity contribution < 1.29 is 0 Å². The first-order chi connectivity index (χ1) is 12.7. The number of nitrogens with two attached hydrogens (primary N) is 1. The summed E-state index contributed by atoms with van der Waals surface area (Å²) in [5, 5.41) is 4.70. The quantitative estimate of drug-likeness (QED) is 0.732. The second kappa shape index (κ2) is 8.70. The Bertz CT molecular complexity index is 847. The maximum Gasteiger partial charge on any atom is 0.0968 e. The minimum Gasteiger partial charge on any atom is -0.330 e. The van der Waals surface area contributed by atoms with Crippen LogP contribution in [0.25, 0.3) is 11.3 Å². The molecule has 0 radical (unpaired) electrons. The molecule has 4 rings (SSSR count). The summed E-state index contributed by atoms with van der Waals surface area (Å²) >= 11 is 0. The van der Waals surface area contributed by atoms with E-state index in [9.17, 15) is 0 Å². The molecule has 0 unspecified atom stereocenters. The van der Waals surface area contributed by atoms with E-state index >= 15 is 0 Å². The van der Waals surface area contributed by atoms with E-state index in [-0.39, 0.29) is 12.4 Å². The summed E-state index contributed by atoms with van der Waals surface area (Å²) in [7, 11) is 2.00. The van der Waals surface area contributed by atoms with Crippen molar-refractivity contribution in [3.8, 4) is 11.3 Å². The molecule has 2 atom stereocenters. The van der Waals surface area contributed by atoms with Gasteiger partial charge in [-0.3, -0.25) is 9.58 Å². The van der Waals surface area contributed by atoms with Crippen LogP contribution >= 0.6 is 12.4 Å². The first kappa shape index (κ1) is 19.6. The number of hydrogen-bond acceptors (Lipinski definition) is 3. The van der Waals surface area contributed by atoms with E-state index in [1.165, 1.54) is 16.7 Å². The van der Waals surface area contributed by atoms with Crippen molar-refractivity contribution in [3.05, 3.63) is 78.0 Å². The van der Waals surface area contributed by atoms with E-state index in [1.807, 2.05) is 17.8 Å². The van der Waals surface area contributed by atoms with Crippen LogP contribution in [0.4, 0.5) is 0 Å². The third kappa shape index (κ3) is 4.24. The smallest absolute Gasteiger partial charge is 0.0968 e. The predicted molar refractivity (Wildman–Crippen MR) is 113 cm³/mol. The molecule has 1 aliphatic rings. The molecule has 3 aromatic rings. The molecule has 0 saturated carbocycles. The summed E-state index contributed by atoms with van der Waals surface area (Å²) in [6, 6.07) is 21.2. The molecule has 2 aromatic carbocycles. The highest BCUT2D eigenvalue weighted by Crippen LogP contribution is 2.33. The van der Waals surface area contributed by atoms with Gasteiger partial charge >= 0.3 is 0 Å². The van der Waals surface area contributed by atoms with Crippen LogP contribution in [0.3, 0.4) is 0 Å². The lowest BCUT2D eigenvalue weighted by Crippen LogP contribution is -2.23. The number of aromatic nitrogens is 2. The van der Waals surface area contributed by atoms with Crippen LogP contribution in [0.2, 0.25) is 0 Å². The minimum atomic E-state index is 0. The lowest BCUT2D eigenvalue weighted by Gasteiger charge is -2.17. The van der Waals surface area contributed by atoms with E-state index < -0.39 is 0 Å². The number of nitrogens with zero attached hydrogens (tertiary/aromatic N) is 3. The van der Waals surface area contributed by atoms with Crippen LogP contribution in [0.15, 0.2) is 66.9 Å². The summed E-state index contributed by atoms with van der Waals surface area (Å²) in [4.78, 5) is 2.53. The molecule has 2 heterocycles. The van der Waals surface area contributed by atoms with Crippen LogP contribution < -0.4 is 5.73 Å². The Morgan fingerprint density at radius 1 is 1.00 bits per heavy atom. The van der Waals surface area contributed by atoms with Crippen LogP contribution in [-0.2, 0) is 13.6 Å². The van der Waals surface area contributed by atoms with E-state index in [2.05, 4.69) is 65.7 Å². The van der Waals surface area contributed by atoms with Gasteiger partial charge in [0, 0.05) is 49.9 Å². The second-order valence-electron chi connectivity index (χ2n) is 7.25. The van der Waals surface area contributed by atoms with Crippen LogP contribution in [0, 0.1) is 5.92 Å². The van der Waals surface area contributed by atoms with Crippen molar-refractivity contribution >= 4 is 12.4 Å². The third-order valence-electron chi connectivity index (χ3n) is 5.39. The van der Waals surface area contributed by atoms with Crippen molar-refractivity contribution in [2.45, 2.75) is 12.5 Å². The van der Waals surface area contributed by atoms with Gasteiger partial charge in [-0.15, -0.1) is 12.4 Å². The van der Waals surface area contributed by atoms with E-state index in [1.54, 1.807) is 0 Å². The monoisotopic (exact) mass is 382 g/mol. The fourth-order valence-electron chi connectivity index (χ4n) is 4.14. The van der Waals surface area contributed by atoms with E-state index in [0.717, 1.165) is 31.9 Å². The number of likely N-dealkylation sites (tertiary alicyclic amines) is 1. The molecule has 27 heavy (non-hydrogen) atoms. The molecule has 1 saturated heterocycles. The van der Waals surface area contributed by atoms with Crippen molar-refractivity contribution in [1.82, 2.24) is 14.7 Å². The molecule has 4 nitrogen and oxygen atoms in total. The van der Waals surface area contributed by atoms with Crippen LogP contribution in [0.1, 0.15) is 17.0 Å². The average Bonchev–Trinajstić information content (AvgIpc) is 3.26. The Labute approximate surface area is 167 Å². The number of rotatable bonds is 5. The Balaban J connectivity index is 0.00000210. The van der Waals surface area contributed by atoms with Crippen LogP contribution in [0.5, 0.6) is 0 Å². The Morgan fingerprint density at radius 2 is 1.67 bits per heavy atom. The maximum absolute atomic E-state index is 6.10. The fraction of sp³-hybridized carbons (Fsp3) is 0.318. The lowest BCUT2D eigenvalue weighted by atomic mass is 9.89. The van der Waals surface area contributed by atoms with Crippen LogP contribution in [-0.4, -0.2) is 34.3 Å². The molecule has 0 aliphatic carbocycles. The van der Waals surface area contributed by atoms with Crippen molar-refractivity contribution in [1.29, 1.82) is 0 Å². The van der Waals surface area contributed by atoms with Gasteiger partial charge in [-0.1, -0.05) is 60.7 Å². The Morgan fingerprint density at radius 3 is 2.33 bits per heavy atom. The number of halogens is 1. The molecule has 0 amide bonds. The highest BCUT2D eigenvalue weighted by atomic mass is 35.5. The predicted octanol–water partition coefficient (Wildman–Crippen LogP) is 3.68. The third-order valence-corrected chi connectivity index (χ3v) is 5.39. The van der Waals surface area contributed by atoms with Gasteiger partial charge in [0.05, 0.1) is 5.69 Å². The van der Waals surface area contributed by atoms with E-state index in [0.29, 0.717) is 11.8 Å². The zero-order valence-corrected chi connectivity index (χ0v) is 16.5. The fourth-order valence-corrected chi connectivity index (χ4v) is 4.14. The van der Waals surface area contributed by atoms with Crippen molar-refractivity contribution in [3.63, 3.8) is 0 Å². The molecule has 0 spiro atoms. The molecule has 1 aliphatic heterocycles. The summed E-state index contributed by atoms with van der Waals surface area (Å²) < 4.78 is 1.92. The van der Waals surface area contributed by atoms with Gasteiger partial charge in [0.15, 0.2) is 0 Å². The molecule has 1 fully saturated rings. The molecule has 5 heteroatoms. The Hall–Kier alpha value is -2.14. The zero-order valence-electron chi connectivity index (χ0n) is 15.7. The van der Waals surface area contributed by atoms with Gasteiger partial charge in [-0.2, -0.15) is 5.10 Å². The summed E-state index contributed by atoms with van der Waals surface area (Å²) in [6.07, 6.45) is 2.15. The number of benzene rings is 2. The van der Waals surface area contributed by atoms with Gasteiger partial charge in [-0.25, -0.2) is 0 Å². The summed E-state index contributed by atoms with van der Waals surface area (Å²) in [6.45, 7) is 3.74. The van der Waals surface area contributed by atoms with Gasteiger partial charge in [0.1, 0.15) is 0 Å². The second-order valence-corrected chi connectivity index (χ2v) is 7.25. The summed E-state index contributed by atoms with van der Waals surface area (Å²) in [5.74, 6) is 1.02. The largest absolute Gasteiger partial charge is 0.330 e. The van der Waals surface area contributed by atoms with Gasteiger partial charge in [0.2, 0.25) is 0 Å². The highest BCUT2D eigenvalue weighted by molar-refractivity contribution is 5.85. The van der Waals surface area contributed by atoms with Gasteiger partial charge < -0.3 is 5.73 Å². The molecular formula is C22H27ClN4. The minimum absolute atomic E-state index is 0. The summed E-state index contributed by atoms with van der Waals surface area (Å²) in [5.41, 5.74) is 11.0. The first-order valence-corrected chi connectivity index (χ1v) is 9.30. The molecule has 2 N–H and O–H groups in total. The molecular weight excluding hydrogens is 356 g/mol. The molecule has 1 aromatic heterocycles. The standard InChI is InChI=1S/C22H26N4.ClH/c1-25-13-20(22(24-25)18-10-6-3-7-11-18)15-26-14-19(12-23)21(16-26)17-8-4-2-5-9-17;/h2-11,13,19,21H,12,14-16,23H2,1H3;1H/t19-,21+;/m1./s1. The lowest BCUT2D eigenvalue weighted by molar-refractivity contribution is 0.317. The number of hydrogen-bond donors (Lipinski definition) is 1.